The van der Waals surface area contributed by atoms with Gasteiger partial charge in [0.2, 0.25) is 0 Å². The highest BCUT2D eigenvalue weighted by Gasteiger charge is 2.26. The Morgan fingerprint density at radius 3 is 2.50 bits per heavy atom. The van der Waals surface area contributed by atoms with Crippen LogP contribution in [0.5, 0.6) is 0 Å². The van der Waals surface area contributed by atoms with Gasteiger partial charge in [-0.2, -0.15) is 0 Å². The molecule has 1 atom stereocenters. The second-order valence-electron chi connectivity index (χ2n) is 5.86. The fraction of sp³-hybridized carbons (Fsp3) is 0.625. The van der Waals surface area contributed by atoms with Crippen LogP contribution in [0.4, 0.5) is 0 Å². The molecule has 0 saturated heterocycles. The zero-order valence-electron chi connectivity index (χ0n) is 11.8. The third kappa shape index (κ3) is 3.56. The van der Waals surface area contributed by atoms with Crippen molar-refractivity contribution in [2.24, 2.45) is 5.92 Å². The molecule has 0 radical (unpaired) electrons. The highest BCUT2D eigenvalue weighted by Crippen LogP contribution is 2.31. The van der Waals surface area contributed by atoms with Gasteiger partial charge in [0, 0.05) is 19.1 Å². The number of benzene rings is 1. The van der Waals surface area contributed by atoms with Crippen LogP contribution in [0.2, 0.25) is 0 Å². The van der Waals surface area contributed by atoms with E-state index in [4.69, 9.17) is 0 Å². The zero-order valence-corrected chi connectivity index (χ0v) is 11.8. The first kappa shape index (κ1) is 13.6. The van der Waals surface area contributed by atoms with Crippen molar-refractivity contribution in [1.29, 1.82) is 0 Å². The second-order valence-corrected chi connectivity index (χ2v) is 5.86. The smallest absolute Gasteiger partial charge is 0.0919 e. The van der Waals surface area contributed by atoms with Crippen molar-refractivity contribution in [2.75, 3.05) is 13.1 Å². The molecule has 0 amide bonds. The van der Waals surface area contributed by atoms with Crippen molar-refractivity contribution in [2.45, 2.75) is 45.8 Å². The molecule has 1 unspecified atom stereocenters. The maximum absolute atomic E-state index is 10.4. The maximum Gasteiger partial charge on any atom is 0.0919 e. The standard InChI is InChI=1S/C16H25NO/c1-12(2)17(10-14-8-9-14)11-16(18)15-7-5-4-6-13(15)3/h4-7,12,14,16,18H,8-11H2,1-3H3. The summed E-state index contributed by atoms with van der Waals surface area (Å²) in [5, 5.41) is 10.4. The molecule has 1 saturated carbocycles. The van der Waals surface area contributed by atoms with E-state index in [0.29, 0.717) is 6.04 Å². The van der Waals surface area contributed by atoms with E-state index in [0.717, 1.165) is 24.6 Å². The minimum Gasteiger partial charge on any atom is -0.387 e. The Morgan fingerprint density at radius 1 is 1.28 bits per heavy atom. The van der Waals surface area contributed by atoms with Gasteiger partial charge in [0.05, 0.1) is 6.10 Å². The van der Waals surface area contributed by atoms with Crippen LogP contribution in [0, 0.1) is 12.8 Å². The largest absolute Gasteiger partial charge is 0.387 e. The van der Waals surface area contributed by atoms with Crippen molar-refractivity contribution in [1.82, 2.24) is 4.90 Å². The molecule has 1 aromatic rings. The number of aryl methyl sites for hydroxylation is 1. The van der Waals surface area contributed by atoms with Gasteiger partial charge >= 0.3 is 0 Å². The van der Waals surface area contributed by atoms with Crippen molar-refractivity contribution in [3.05, 3.63) is 35.4 Å². The van der Waals surface area contributed by atoms with Gasteiger partial charge in [0.1, 0.15) is 0 Å². The van der Waals surface area contributed by atoms with Gasteiger partial charge in [-0.05, 0) is 50.7 Å². The minimum atomic E-state index is -0.368. The number of hydrogen-bond acceptors (Lipinski definition) is 2. The Morgan fingerprint density at radius 2 is 1.94 bits per heavy atom. The van der Waals surface area contributed by atoms with Gasteiger partial charge in [-0.1, -0.05) is 24.3 Å². The van der Waals surface area contributed by atoms with Gasteiger partial charge in [0.15, 0.2) is 0 Å². The fourth-order valence-corrected chi connectivity index (χ4v) is 2.41. The van der Waals surface area contributed by atoms with Crippen LogP contribution in [-0.2, 0) is 0 Å². The Balaban J connectivity index is 1.99. The lowest BCUT2D eigenvalue weighted by Crippen LogP contribution is -2.36. The minimum absolute atomic E-state index is 0.368. The van der Waals surface area contributed by atoms with Gasteiger partial charge in [0.25, 0.3) is 0 Å². The predicted octanol–water partition coefficient (Wildman–Crippen LogP) is 3.15. The third-order valence-corrected chi connectivity index (χ3v) is 3.87. The monoisotopic (exact) mass is 247 g/mol. The molecule has 100 valence electrons. The molecular weight excluding hydrogens is 222 g/mol. The summed E-state index contributed by atoms with van der Waals surface area (Å²) in [5.74, 6) is 0.872. The molecule has 1 aliphatic rings. The van der Waals surface area contributed by atoms with Crippen LogP contribution in [0.25, 0.3) is 0 Å². The molecule has 1 aromatic carbocycles. The Labute approximate surface area is 111 Å². The molecule has 1 aliphatic carbocycles. The molecule has 0 aromatic heterocycles. The molecule has 1 fully saturated rings. The molecule has 2 nitrogen and oxygen atoms in total. The lowest BCUT2D eigenvalue weighted by Gasteiger charge is -2.29. The first-order chi connectivity index (χ1) is 8.58. The maximum atomic E-state index is 10.4. The highest BCUT2D eigenvalue weighted by molar-refractivity contribution is 5.27. The van der Waals surface area contributed by atoms with E-state index in [-0.39, 0.29) is 6.10 Å². The first-order valence-corrected chi connectivity index (χ1v) is 7.05. The van der Waals surface area contributed by atoms with Crippen LogP contribution >= 0.6 is 0 Å². The summed E-state index contributed by atoms with van der Waals surface area (Å²) in [6.07, 6.45) is 2.36. The SMILES string of the molecule is Cc1ccccc1C(O)CN(CC1CC1)C(C)C. The molecule has 0 bridgehead atoms. The summed E-state index contributed by atoms with van der Waals surface area (Å²) in [5.41, 5.74) is 2.25. The summed E-state index contributed by atoms with van der Waals surface area (Å²) in [4.78, 5) is 2.41. The highest BCUT2D eigenvalue weighted by atomic mass is 16.3. The van der Waals surface area contributed by atoms with E-state index < -0.39 is 0 Å². The summed E-state index contributed by atoms with van der Waals surface area (Å²) >= 11 is 0. The molecular formula is C16H25NO. The average Bonchev–Trinajstić information content (AvgIpc) is 3.12. The molecule has 1 N–H and O–H groups in total. The van der Waals surface area contributed by atoms with Crippen molar-refractivity contribution < 1.29 is 5.11 Å². The van der Waals surface area contributed by atoms with Crippen LogP contribution in [-0.4, -0.2) is 29.1 Å². The normalized spacial score (nSPS) is 17.4. The van der Waals surface area contributed by atoms with Crippen molar-refractivity contribution >= 4 is 0 Å². The summed E-state index contributed by atoms with van der Waals surface area (Å²) in [6.45, 7) is 8.39. The number of aliphatic hydroxyl groups excluding tert-OH is 1. The van der Waals surface area contributed by atoms with Gasteiger partial charge in [-0.15, -0.1) is 0 Å². The van der Waals surface area contributed by atoms with E-state index in [9.17, 15) is 5.11 Å². The second kappa shape index (κ2) is 5.85. The first-order valence-electron chi connectivity index (χ1n) is 7.05. The van der Waals surface area contributed by atoms with E-state index in [1.807, 2.05) is 18.2 Å². The van der Waals surface area contributed by atoms with E-state index >= 15 is 0 Å². The van der Waals surface area contributed by atoms with Crippen molar-refractivity contribution in [3.8, 4) is 0 Å². The van der Waals surface area contributed by atoms with Crippen LogP contribution < -0.4 is 0 Å². The molecule has 2 rings (SSSR count). The summed E-state index contributed by atoms with van der Waals surface area (Å²) in [7, 11) is 0. The van der Waals surface area contributed by atoms with Crippen LogP contribution in [0.1, 0.15) is 43.9 Å². The number of aliphatic hydroxyl groups is 1. The van der Waals surface area contributed by atoms with Gasteiger partial charge in [-0.25, -0.2) is 0 Å². The van der Waals surface area contributed by atoms with Crippen LogP contribution in [0.15, 0.2) is 24.3 Å². The Hall–Kier alpha value is -0.860. The third-order valence-electron chi connectivity index (χ3n) is 3.87. The summed E-state index contributed by atoms with van der Waals surface area (Å²) < 4.78 is 0. The van der Waals surface area contributed by atoms with E-state index in [1.54, 1.807) is 0 Å². The molecule has 18 heavy (non-hydrogen) atoms. The number of hydrogen-bond donors (Lipinski definition) is 1. The van der Waals surface area contributed by atoms with Gasteiger partial charge < -0.3 is 5.11 Å². The number of nitrogens with zero attached hydrogens (tertiary/aromatic N) is 1. The molecule has 0 spiro atoms. The van der Waals surface area contributed by atoms with E-state index in [2.05, 4.69) is 31.7 Å². The average molecular weight is 247 g/mol. The molecule has 2 heteroatoms. The summed E-state index contributed by atoms with van der Waals surface area (Å²) in [6, 6.07) is 8.64. The molecule has 0 aliphatic heterocycles. The topological polar surface area (TPSA) is 23.5 Å². The quantitative estimate of drug-likeness (QED) is 0.834. The van der Waals surface area contributed by atoms with E-state index in [1.165, 1.54) is 18.4 Å². The fourth-order valence-electron chi connectivity index (χ4n) is 2.41. The Bertz CT molecular complexity index is 384. The molecule has 0 heterocycles. The lowest BCUT2D eigenvalue weighted by molar-refractivity contribution is 0.0919. The lowest BCUT2D eigenvalue weighted by atomic mass is 10.0. The zero-order chi connectivity index (χ0) is 13.1. The van der Waals surface area contributed by atoms with Gasteiger partial charge in [-0.3, -0.25) is 4.90 Å². The number of rotatable bonds is 6. The van der Waals surface area contributed by atoms with Crippen molar-refractivity contribution in [3.63, 3.8) is 0 Å². The predicted molar refractivity (Wildman–Crippen MR) is 75.6 cm³/mol. The van der Waals surface area contributed by atoms with Crippen LogP contribution in [0.3, 0.4) is 0 Å². The Kier molecular flexibility index (Phi) is 4.41.